The molecule has 0 aromatic rings. The van der Waals surface area contributed by atoms with Gasteiger partial charge in [-0.15, -0.1) is 0 Å². The topological polar surface area (TPSA) is 38.8 Å². The molecule has 0 spiro atoms. The first-order chi connectivity index (χ1) is 6.20. The second-order valence-corrected chi connectivity index (χ2v) is 3.33. The summed E-state index contributed by atoms with van der Waals surface area (Å²) in [5, 5.41) is 0. The van der Waals surface area contributed by atoms with Gasteiger partial charge in [0.05, 0.1) is 7.11 Å². The van der Waals surface area contributed by atoms with Gasteiger partial charge in [0.2, 0.25) is 0 Å². The first-order valence-corrected chi connectivity index (χ1v) is 4.53. The van der Waals surface area contributed by atoms with Crippen LogP contribution in [0.2, 0.25) is 0 Å². The Labute approximate surface area is 78.8 Å². The SMILES string of the molecule is COC(=O)C1CCCC(OC)N1C. The van der Waals surface area contributed by atoms with E-state index in [-0.39, 0.29) is 18.2 Å². The number of methoxy groups -OCH3 is 2. The summed E-state index contributed by atoms with van der Waals surface area (Å²) in [5.74, 6) is -0.163. The molecule has 0 saturated carbocycles. The van der Waals surface area contributed by atoms with Crippen LogP contribution >= 0.6 is 0 Å². The van der Waals surface area contributed by atoms with Gasteiger partial charge in [0.1, 0.15) is 12.3 Å². The van der Waals surface area contributed by atoms with Gasteiger partial charge in [-0.2, -0.15) is 0 Å². The monoisotopic (exact) mass is 187 g/mol. The Morgan fingerprint density at radius 2 is 2.08 bits per heavy atom. The fourth-order valence-corrected chi connectivity index (χ4v) is 1.80. The number of nitrogens with zero attached hydrogens (tertiary/aromatic N) is 1. The molecule has 0 radical (unpaired) electrons. The fraction of sp³-hybridized carbons (Fsp3) is 0.889. The van der Waals surface area contributed by atoms with Crippen molar-refractivity contribution in [1.82, 2.24) is 4.90 Å². The predicted molar refractivity (Wildman–Crippen MR) is 48.2 cm³/mol. The van der Waals surface area contributed by atoms with Gasteiger partial charge < -0.3 is 9.47 Å². The minimum Gasteiger partial charge on any atom is -0.468 e. The molecule has 1 heterocycles. The maximum absolute atomic E-state index is 11.3. The van der Waals surface area contributed by atoms with Crippen molar-refractivity contribution in [1.29, 1.82) is 0 Å². The number of carbonyl (C=O) groups is 1. The molecular weight excluding hydrogens is 170 g/mol. The molecule has 0 amide bonds. The van der Waals surface area contributed by atoms with E-state index in [1.54, 1.807) is 7.11 Å². The summed E-state index contributed by atoms with van der Waals surface area (Å²) in [6.07, 6.45) is 2.92. The van der Waals surface area contributed by atoms with Gasteiger partial charge in [0.15, 0.2) is 0 Å². The summed E-state index contributed by atoms with van der Waals surface area (Å²) in [6, 6.07) is -0.135. The highest BCUT2D eigenvalue weighted by Gasteiger charge is 2.32. The van der Waals surface area contributed by atoms with Crippen LogP contribution in [0.5, 0.6) is 0 Å². The Morgan fingerprint density at radius 1 is 1.38 bits per heavy atom. The number of likely N-dealkylation sites (N-methyl/N-ethyl adjacent to an activating group) is 1. The maximum atomic E-state index is 11.3. The van der Waals surface area contributed by atoms with E-state index >= 15 is 0 Å². The van der Waals surface area contributed by atoms with E-state index in [1.165, 1.54) is 7.11 Å². The van der Waals surface area contributed by atoms with Gasteiger partial charge >= 0.3 is 5.97 Å². The first kappa shape index (κ1) is 10.5. The van der Waals surface area contributed by atoms with Crippen LogP contribution in [0.4, 0.5) is 0 Å². The summed E-state index contributed by atoms with van der Waals surface area (Å²) >= 11 is 0. The maximum Gasteiger partial charge on any atom is 0.323 e. The number of hydrogen-bond acceptors (Lipinski definition) is 4. The van der Waals surface area contributed by atoms with Crippen molar-refractivity contribution in [3.05, 3.63) is 0 Å². The smallest absolute Gasteiger partial charge is 0.323 e. The molecular formula is C9H17NO3. The van der Waals surface area contributed by atoms with Crippen molar-refractivity contribution >= 4 is 5.97 Å². The van der Waals surface area contributed by atoms with E-state index in [4.69, 9.17) is 9.47 Å². The second-order valence-electron chi connectivity index (χ2n) is 3.33. The molecule has 2 unspecified atom stereocenters. The van der Waals surface area contributed by atoms with E-state index in [9.17, 15) is 4.79 Å². The van der Waals surface area contributed by atoms with Crippen LogP contribution in [0.15, 0.2) is 0 Å². The molecule has 1 saturated heterocycles. The van der Waals surface area contributed by atoms with E-state index in [2.05, 4.69) is 0 Å². The summed E-state index contributed by atoms with van der Waals surface area (Å²) in [6.45, 7) is 0. The van der Waals surface area contributed by atoms with Crippen LogP contribution in [0.1, 0.15) is 19.3 Å². The van der Waals surface area contributed by atoms with Crippen molar-refractivity contribution in [2.45, 2.75) is 31.5 Å². The number of esters is 1. The zero-order chi connectivity index (χ0) is 9.84. The van der Waals surface area contributed by atoms with Gasteiger partial charge in [0.25, 0.3) is 0 Å². The molecule has 0 aromatic carbocycles. The normalized spacial score (nSPS) is 30.1. The Kier molecular flexibility index (Phi) is 3.69. The second kappa shape index (κ2) is 4.58. The number of piperidine rings is 1. The van der Waals surface area contributed by atoms with Crippen LogP contribution in [0, 0.1) is 0 Å². The zero-order valence-corrected chi connectivity index (χ0v) is 8.45. The van der Waals surface area contributed by atoms with E-state index in [1.807, 2.05) is 11.9 Å². The lowest BCUT2D eigenvalue weighted by Crippen LogP contribution is -2.49. The van der Waals surface area contributed by atoms with Crippen LogP contribution in [0.25, 0.3) is 0 Å². The van der Waals surface area contributed by atoms with Crippen LogP contribution in [-0.2, 0) is 14.3 Å². The van der Waals surface area contributed by atoms with E-state index in [0.717, 1.165) is 19.3 Å². The quantitative estimate of drug-likeness (QED) is 0.594. The minimum absolute atomic E-state index is 0.0536. The van der Waals surface area contributed by atoms with Crippen molar-refractivity contribution < 1.29 is 14.3 Å². The lowest BCUT2D eigenvalue weighted by molar-refractivity contribution is -0.156. The average Bonchev–Trinajstić information content (AvgIpc) is 2.17. The average molecular weight is 187 g/mol. The summed E-state index contributed by atoms with van der Waals surface area (Å²) in [4.78, 5) is 13.3. The number of ether oxygens (including phenoxy) is 2. The largest absolute Gasteiger partial charge is 0.468 e. The standard InChI is InChI=1S/C9H17NO3/c1-10-7(9(11)13-3)5-4-6-8(10)12-2/h7-8H,4-6H2,1-3H3. The van der Waals surface area contributed by atoms with Crippen molar-refractivity contribution in [3.63, 3.8) is 0 Å². The molecule has 4 nitrogen and oxygen atoms in total. The number of likely N-dealkylation sites (tertiary alicyclic amines) is 1. The Balaban J connectivity index is 2.59. The Morgan fingerprint density at radius 3 is 2.62 bits per heavy atom. The summed E-state index contributed by atoms with van der Waals surface area (Å²) < 4.78 is 9.96. The van der Waals surface area contributed by atoms with Crippen molar-refractivity contribution in [2.75, 3.05) is 21.3 Å². The van der Waals surface area contributed by atoms with Crippen LogP contribution in [0.3, 0.4) is 0 Å². The van der Waals surface area contributed by atoms with Crippen LogP contribution < -0.4 is 0 Å². The Hall–Kier alpha value is -0.610. The molecule has 0 aromatic heterocycles. The third-order valence-corrected chi connectivity index (χ3v) is 2.62. The van der Waals surface area contributed by atoms with Gasteiger partial charge in [0, 0.05) is 7.11 Å². The first-order valence-electron chi connectivity index (χ1n) is 4.53. The highest BCUT2D eigenvalue weighted by molar-refractivity contribution is 5.75. The molecule has 1 fully saturated rings. The highest BCUT2D eigenvalue weighted by Crippen LogP contribution is 2.22. The number of hydrogen-bond donors (Lipinski definition) is 0. The molecule has 0 N–H and O–H groups in total. The molecule has 1 rings (SSSR count). The van der Waals surface area contributed by atoms with Crippen LogP contribution in [-0.4, -0.2) is 44.4 Å². The molecule has 1 aliphatic rings. The third kappa shape index (κ3) is 2.19. The predicted octanol–water partition coefficient (Wildman–Crippen LogP) is 0.616. The summed E-state index contributed by atoms with van der Waals surface area (Å²) in [5.41, 5.74) is 0. The van der Waals surface area contributed by atoms with Gasteiger partial charge in [-0.1, -0.05) is 0 Å². The molecule has 1 aliphatic heterocycles. The molecule has 0 aliphatic carbocycles. The molecule has 4 heteroatoms. The number of rotatable bonds is 2. The van der Waals surface area contributed by atoms with Crippen molar-refractivity contribution in [3.8, 4) is 0 Å². The fourth-order valence-electron chi connectivity index (χ4n) is 1.80. The number of carbonyl (C=O) groups excluding carboxylic acids is 1. The lowest BCUT2D eigenvalue weighted by atomic mass is 10.0. The van der Waals surface area contributed by atoms with Gasteiger partial charge in [-0.05, 0) is 26.3 Å². The Bertz CT molecular complexity index is 184. The highest BCUT2D eigenvalue weighted by atomic mass is 16.5. The third-order valence-electron chi connectivity index (χ3n) is 2.62. The molecule has 13 heavy (non-hydrogen) atoms. The minimum atomic E-state index is -0.163. The molecule has 76 valence electrons. The van der Waals surface area contributed by atoms with Crippen molar-refractivity contribution in [2.24, 2.45) is 0 Å². The molecule has 0 bridgehead atoms. The zero-order valence-electron chi connectivity index (χ0n) is 8.45. The van der Waals surface area contributed by atoms with E-state index in [0.29, 0.717) is 0 Å². The van der Waals surface area contributed by atoms with Gasteiger partial charge in [-0.3, -0.25) is 9.69 Å². The van der Waals surface area contributed by atoms with Gasteiger partial charge in [-0.25, -0.2) is 0 Å². The van der Waals surface area contributed by atoms with E-state index < -0.39 is 0 Å². The lowest BCUT2D eigenvalue weighted by Gasteiger charge is -2.36. The summed E-state index contributed by atoms with van der Waals surface area (Å²) in [7, 11) is 4.99. The molecule has 2 atom stereocenters.